The molecule has 1 aliphatic rings. The monoisotopic (exact) mass is 268 g/mol. The van der Waals surface area contributed by atoms with Crippen molar-refractivity contribution in [2.75, 3.05) is 0 Å². The highest BCUT2D eigenvalue weighted by Crippen LogP contribution is 2.24. The molecule has 110 valence electrons. The van der Waals surface area contributed by atoms with Gasteiger partial charge >= 0.3 is 0 Å². The Hall–Kier alpha value is -1.06. The zero-order valence-electron chi connectivity index (χ0n) is 13.0. The van der Waals surface area contributed by atoms with Crippen LogP contribution in [0.5, 0.6) is 0 Å². The predicted octanol–water partition coefficient (Wildman–Crippen LogP) is 2.47. The highest BCUT2D eigenvalue weighted by Gasteiger charge is 2.45. The van der Waals surface area contributed by atoms with Gasteiger partial charge in [-0.05, 0) is 33.6 Å². The van der Waals surface area contributed by atoms with Crippen molar-refractivity contribution in [2.24, 2.45) is 0 Å². The molecule has 19 heavy (non-hydrogen) atoms. The summed E-state index contributed by atoms with van der Waals surface area (Å²) in [6.45, 7) is 9.75. The van der Waals surface area contributed by atoms with Crippen molar-refractivity contribution in [1.29, 1.82) is 0 Å². The van der Waals surface area contributed by atoms with Crippen molar-refractivity contribution < 1.29 is 9.59 Å². The third kappa shape index (κ3) is 3.48. The molecule has 1 N–H and O–H groups in total. The first-order valence-corrected chi connectivity index (χ1v) is 7.49. The molecule has 1 rings (SSSR count). The molecular weight excluding hydrogens is 240 g/mol. The lowest BCUT2D eigenvalue weighted by molar-refractivity contribution is -0.156. The smallest absolute Gasteiger partial charge is 0.248 e. The van der Waals surface area contributed by atoms with Crippen LogP contribution in [0.25, 0.3) is 0 Å². The highest BCUT2D eigenvalue weighted by atomic mass is 16.2. The minimum Gasteiger partial charge on any atom is -0.340 e. The summed E-state index contributed by atoms with van der Waals surface area (Å²) >= 11 is 0. The fourth-order valence-electron chi connectivity index (χ4n) is 2.75. The molecule has 0 radical (unpaired) electrons. The van der Waals surface area contributed by atoms with E-state index in [1.165, 1.54) is 12.8 Å². The first-order valence-electron chi connectivity index (χ1n) is 7.49. The average molecular weight is 268 g/mol. The maximum Gasteiger partial charge on any atom is 0.248 e. The van der Waals surface area contributed by atoms with Crippen LogP contribution in [0.2, 0.25) is 0 Å². The lowest BCUT2D eigenvalue weighted by Gasteiger charge is -2.45. The number of carbonyl (C=O) groups is 2. The van der Waals surface area contributed by atoms with Gasteiger partial charge in [-0.3, -0.25) is 9.59 Å². The van der Waals surface area contributed by atoms with Gasteiger partial charge in [-0.2, -0.15) is 0 Å². The molecule has 2 atom stereocenters. The van der Waals surface area contributed by atoms with Crippen molar-refractivity contribution in [1.82, 2.24) is 10.2 Å². The molecule has 2 unspecified atom stereocenters. The average Bonchev–Trinajstić information content (AvgIpc) is 2.33. The van der Waals surface area contributed by atoms with Crippen LogP contribution in [-0.4, -0.2) is 34.3 Å². The quantitative estimate of drug-likeness (QED) is 0.752. The second-order valence-electron chi connectivity index (χ2n) is 6.10. The van der Waals surface area contributed by atoms with Gasteiger partial charge in [0.05, 0.1) is 0 Å². The lowest BCUT2D eigenvalue weighted by Crippen LogP contribution is -2.69. The zero-order chi connectivity index (χ0) is 14.6. The molecular formula is C15H28N2O2. The summed E-state index contributed by atoms with van der Waals surface area (Å²) in [5, 5.41) is 2.83. The number of hydrogen-bond donors (Lipinski definition) is 1. The highest BCUT2D eigenvalue weighted by molar-refractivity contribution is 5.99. The Labute approximate surface area is 116 Å². The van der Waals surface area contributed by atoms with Crippen LogP contribution >= 0.6 is 0 Å². The van der Waals surface area contributed by atoms with E-state index in [9.17, 15) is 9.59 Å². The number of hydrogen-bond acceptors (Lipinski definition) is 2. The van der Waals surface area contributed by atoms with Crippen LogP contribution in [0, 0.1) is 0 Å². The van der Waals surface area contributed by atoms with Crippen LogP contribution < -0.4 is 5.32 Å². The van der Waals surface area contributed by atoms with E-state index in [0.29, 0.717) is 6.42 Å². The van der Waals surface area contributed by atoms with Crippen molar-refractivity contribution in [3.63, 3.8) is 0 Å². The lowest BCUT2D eigenvalue weighted by atomic mass is 9.93. The number of piperazine rings is 1. The van der Waals surface area contributed by atoms with E-state index in [2.05, 4.69) is 19.2 Å². The topological polar surface area (TPSA) is 49.4 Å². The molecule has 1 heterocycles. The first kappa shape index (κ1) is 16.0. The SMILES string of the molecule is CCCCCC(C)N1C(=O)C(C)(C)NC(=O)C1CC. The molecule has 2 amide bonds. The number of rotatable bonds is 6. The molecule has 4 nitrogen and oxygen atoms in total. The maximum atomic E-state index is 12.5. The van der Waals surface area contributed by atoms with Gasteiger partial charge in [0.2, 0.25) is 11.8 Å². The van der Waals surface area contributed by atoms with E-state index in [-0.39, 0.29) is 23.9 Å². The number of unbranched alkanes of at least 4 members (excludes halogenated alkanes) is 2. The van der Waals surface area contributed by atoms with E-state index in [0.717, 1.165) is 12.8 Å². The van der Waals surface area contributed by atoms with Gasteiger partial charge in [-0.25, -0.2) is 0 Å². The number of nitrogens with zero attached hydrogens (tertiary/aromatic N) is 1. The maximum absolute atomic E-state index is 12.5. The number of carbonyl (C=O) groups excluding carboxylic acids is 2. The van der Waals surface area contributed by atoms with E-state index in [1.807, 2.05) is 11.8 Å². The summed E-state index contributed by atoms with van der Waals surface area (Å²) in [5.41, 5.74) is -0.776. The van der Waals surface area contributed by atoms with E-state index >= 15 is 0 Å². The summed E-state index contributed by atoms with van der Waals surface area (Å²) in [5.74, 6) is 0.0254. The minimum absolute atomic E-state index is 0.0190. The van der Waals surface area contributed by atoms with E-state index < -0.39 is 5.54 Å². The fourth-order valence-corrected chi connectivity index (χ4v) is 2.75. The molecule has 0 spiro atoms. The van der Waals surface area contributed by atoms with Gasteiger partial charge in [0.15, 0.2) is 0 Å². The fraction of sp³-hybridized carbons (Fsp3) is 0.867. The third-order valence-electron chi connectivity index (χ3n) is 3.93. The Bertz CT molecular complexity index is 339. The van der Waals surface area contributed by atoms with Crippen molar-refractivity contribution in [3.05, 3.63) is 0 Å². The predicted molar refractivity (Wildman–Crippen MR) is 76.8 cm³/mol. The Balaban J connectivity index is 2.84. The normalized spacial score (nSPS) is 24.3. The Morgan fingerprint density at radius 3 is 2.42 bits per heavy atom. The van der Waals surface area contributed by atoms with Crippen molar-refractivity contribution >= 4 is 11.8 Å². The van der Waals surface area contributed by atoms with Crippen LogP contribution in [-0.2, 0) is 9.59 Å². The van der Waals surface area contributed by atoms with Crippen LogP contribution in [0.1, 0.15) is 66.7 Å². The standard InChI is InChI=1S/C15H28N2O2/c1-6-8-9-10-11(3)17-12(7-2)13(18)16-15(4,5)14(17)19/h11-12H,6-10H2,1-5H3,(H,16,18). The van der Waals surface area contributed by atoms with Gasteiger partial charge < -0.3 is 10.2 Å². The number of nitrogens with one attached hydrogen (secondary N) is 1. The van der Waals surface area contributed by atoms with Gasteiger partial charge in [0.1, 0.15) is 11.6 Å². The van der Waals surface area contributed by atoms with Crippen LogP contribution in [0.15, 0.2) is 0 Å². The molecule has 1 saturated heterocycles. The zero-order valence-corrected chi connectivity index (χ0v) is 13.0. The van der Waals surface area contributed by atoms with Gasteiger partial charge in [0.25, 0.3) is 0 Å². The summed E-state index contributed by atoms with van der Waals surface area (Å²) in [6.07, 6.45) is 5.10. The van der Waals surface area contributed by atoms with Crippen LogP contribution in [0.3, 0.4) is 0 Å². The Morgan fingerprint density at radius 1 is 1.26 bits per heavy atom. The molecule has 0 aliphatic carbocycles. The minimum atomic E-state index is -0.776. The molecule has 1 fully saturated rings. The van der Waals surface area contributed by atoms with Gasteiger partial charge in [0, 0.05) is 6.04 Å². The molecule has 0 saturated carbocycles. The van der Waals surface area contributed by atoms with Gasteiger partial charge in [-0.15, -0.1) is 0 Å². The Morgan fingerprint density at radius 2 is 1.89 bits per heavy atom. The largest absolute Gasteiger partial charge is 0.340 e. The molecule has 0 bridgehead atoms. The van der Waals surface area contributed by atoms with E-state index in [4.69, 9.17) is 0 Å². The van der Waals surface area contributed by atoms with Gasteiger partial charge in [-0.1, -0.05) is 33.1 Å². The summed E-state index contributed by atoms with van der Waals surface area (Å²) in [4.78, 5) is 26.5. The molecule has 1 aliphatic heterocycles. The first-order chi connectivity index (χ1) is 8.85. The summed E-state index contributed by atoms with van der Waals surface area (Å²) in [7, 11) is 0. The molecule has 4 heteroatoms. The van der Waals surface area contributed by atoms with Crippen molar-refractivity contribution in [3.8, 4) is 0 Å². The Kier molecular flexibility index (Phi) is 5.39. The summed E-state index contributed by atoms with van der Waals surface area (Å²) < 4.78 is 0. The molecule has 0 aromatic carbocycles. The van der Waals surface area contributed by atoms with Crippen LogP contribution in [0.4, 0.5) is 0 Å². The number of amides is 2. The second kappa shape index (κ2) is 6.40. The third-order valence-corrected chi connectivity index (χ3v) is 3.93. The second-order valence-corrected chi connectivity index (χ2v) is 6.10. The van der Waals surface area contributed by atoms with E-state index in [1.54, 1.807) is 13.8 Å². The molecule has 0 aromatic heterocycles. The summed E-state index contributed by atoms with van der Waals surface area (Å²) in [6, 6.07) is -0.175. The van der Waals surface area contributed by atoms with Crippen molar-refractivity contribution in [2.45, 2.75) is 84.3 Å². The molecule has 0 aromatic rings.